The highest BCUT2D eigenvalue weighted by Gasteiger charge is 2.43. The molecule has 0 aliphatic heterocycles. The smallest absolute Gasteiger partial charge is 0.228 e. The summed E-state index contributed by atoms with van der Waals surface area (Å²) in [5, 5.41) is 3.85. The number of anilines is 1. The largest absolute Gasteiger partial charge is 0.324 e. The van der Waals surface area contributed by atoms with Crippen molar-refractivity contribution in [1.82, 2.24) is 4.98 Å². The number of benzene rings is 1. The Morgan fingerprint density at radius 3 is 2.73 bits per heavy atom. The second-order valence-corrected chi connectivity index (χ2v) is 6.59. The number of nitrogens with one attached hydrogen (secondary N) is 1. The average Bonchev–Trinajstić information content (AvgIpc) is 3.31. The molecule has 1 aliphatic carbocycles. The monoisotopic (exact) mass is 316 g/mol. The molecule has 1 aromatic carbocycles. The van der Waals surface area contributed by atoms with Crippen LogP contribution in [0.3, 0.4) is 0 Å². The van der Waals surface area contributed by atoms with E-state index >= 15 is 0 Å². The zero-order valence-corrected chi connectivity index (χ0v) is 13.1. The number of amides is 1. The van der Waals surface area contributed by atoms with Crippen molar-refractivity contribution in [2.24, 2.45) is 5.92 Å². The van der Waals surface area contributed by atoms with Gasteiger partial charge in [-0.25, -0.2) is 9.37 Å². The minimum atomic E-state index is -0.249. The number of aromatic nitrogens is 1. The number of nitrogens with zero attached hydrogens (tertiary/aromatic N) is 1. The third kappa shape index (κ3) is 3.47. The van der Waals surface area contributed by atoms with Crippen LogP contribution in [0.4, 0.5) is 10.1 Å². The first-order valence-electron chi connectivity index (χ1n) is 7.32. The quantitative estimate of drug-likeness (QED) is 0.845. The summed E-state index contributed by atoms with van der Waals surface area (Å²) in [5.41, 5.74) is 1.74. The third-order valence-corrected chi connectivity index (χ3v) is 4.55. The molecule has 0 saturated heterocycles. The summed E-state index contributed by atoms with van der Waals surface area (Å²) in [7, 11) is 0. The van der Waals surface area contributed by atoms with E-state index in [2.05, 4.69) is 17.2 Å². The summed E-state index contributed by atoms with van der Waals surface area (Å²) in [4.78, 5) is 16.5. The zero-order valence-electron chi connectivity index (χ0n) is 12.3. The van der Waals surface area contributed by atoms with Gasteiger partial charge in [-0.2, -0.15) is 0 Å². The fraction of sp³-hybridized carbons (Fsp3) is 0.294. The Bertz CT molecular complexity index is 657. The van der Waals surface area contributed by atoms with Crippen LogP contribution < -0.4 is 5.32 Å². The van der Waals surface area contributed by atoms with Crippen LogP contribution in [0.15, 0.2) is 47.6 Å². The molecule has 2 aromatic rings. The van der Waals surface area contributed by atoms with E-state index in [1.54, 1.807) is 30.1 Å². The summed E-state index contributed by atoms with van der Waals surface area (Å²) < 4.78 is 12.9. The van der Waals surface area contributed by atoms with Gasteiger partial charge in [-0.3, -0.25) is 4.79 Å². The lowest BCUT2D eigenvalue weighted by Crippen LogP contribution is -2.14. The molecule has 1 fully saturated rings. The lowest BCUT2D eigenvalue weighted by molar-refractivity contribution is -0.117. The van der Waals surface area contributed by atoms with Crippen LogP contribution in [0.25, 0.3) is 0 Å². The van der Waals surface area contributed by atoms with Gasteiger partial charge in [0.25, 0.3) is 0 Å². The van der Waals surface area contributed by atoms with Crippen molar-refractivity contribution in [2.75, 3.05) is 11.1 Å². The molecule has 0 radical (unpaired) electrons. The number of carbonyl (C=O) groups is 1. The molecular formula is C17H17FN2OS. The fourth-order valence-corrected chi connectivity index (χ4v) is 3.07. The lowest BCUT2D eigenvalue weighted by Gasteiger charge is -2.05. The van der Waals surface area contributed by atoms with Crippen molar-refractivity contribution >= 4 is 23.4 Å². The number of halogens is 1. The molecule has 1 saturated carbocycles. The first-order valence-corrected chi connectivity index (χ1v) is 8.31. The van der Waals surface area contributed by atoms with Crippen molar-refractivity contribution in [1.29, 1.82) is 0 Å². The Labute approximate surface area is 133 Å². The van der Waals surface area contributed by atoms with Gasteiger partial charge >= 0.3 is 0 Å². The van der Waals surface area contributed by atoms with Crippen molar-refractivity contribution in [3.8, 4) is 0 Å². The van der Waals surface area contributed by atoms with E-state index in [-0.39, 0.29) is 23.6 Å². The van der Waals surface area contributed by atoms with Gasteiger partial charge in [0.1, 0.15) is 5.82 Å². The number of pyridine rings is 1. The summed E-state index contributed by atoms with van der Waals surface area (Å²) >= 11 is 1.67. The molecule has 114 valence electrons. The molecule has 1 aliphatic rings. The molecule has 5 heteroatoms. The van der Waals surface area contributed by atoms with Crippen LogP contribution in [0, 0.1) is 11.7 Å². The van der Waals surface area contributed by atoms with Gasteiger partial charge in [0.2, 0.25) is 5.91 Å². The van der Waals surface area contributed by atoms with Crippen molar-refractivity contribution < 1.29 is 9.18 Å². The summed E-state index contributed by atoms with van der Waals surface area (Å²) in [6.07, 6.45) is 2.50. The molecule has 3 nitrogen and oxygen atoms in total. The van der Waals surface area contributed by atoms with Gasteiger partial charge in [-0.15, -0.1) is 11.8 Å². The van der Waals surface area contributed by atoms with Crippen LogP contribution >= 0.6 is 11.8 Å². The predicted molar refractivity (Wildman–Crippen MR) is 86.5 cm³/mol. The van der Waals surface area contributed by atoms with Gasteiger partial charge in [0.15, 0.2) is 0 Å². The van der Waals surface area contributed by atoms with Crippen LogP contribution in [0.2, 0.25) is 0 Å². The topological polar surface area (TPSA) is 42.0 Å². The summed E-state index contributed by atoms with van der Waals surface area (Å²) in [6.45, 7) is 2.07. The van der Waals surface area contributed by atoms with Gasteiger partial charge in [0, 0.05) is 5.92 Å². The van der Waals surface area contributed by atoms with E-state index in [9.17, 15) is 9.18 Å². The van der Waals surface area contributed by atoms with Gasteiger partial charge in [0.05, 0.1) is 16.9 Å². The van der Waals surface area contributed by atoms with E-state index in [4.69, 9.17) is 0 Å². The van der Waals surface area contributed by atoms with E-state index < -0.39 is 0 Å². The molecule has 1 N–H and O–H groups in total. The second-order valence-electron chi connectivity index (χ2n) is 5.31. The SMILES string of the molecule is CCSc1ccc(NC(=O)[C@H]2C[C@@H]2c2ccc(F)cc2)cn1. The van der Waals surface area contributed by atoms with E-state index in [0.29, 0.717) is 0 Å². The Morgan fingerprint density at radius 2 is 2.09 bits per heavy atom. The maximum Gasteiger partial charge on any atom is 0.228 e. The number of carbonyl (C=O) groups excluding carboxylic acids is 1. The second kappa shape index (κ2) is 6.48. The van der Waals surface area contributed by atoms with Crippen molar-refractivity contribution in [3.63, 3.8) is 0 Å². The average molecular weight is 316 g/mol. The van der Waals surface area contributed by atoms with Crippen LogP contribution in [0.5, 0.6) is 0 Å². The Kier molecular flexibility index (Phi) is 4.43. The van der Waals surface area contributed by atoms with Gasteiger partial charge in [-0.05, 0) is 47.9 Å². The van der Waals surface area contributed by atoms with Gasteiger partial charge < -0.3 is 5.32 Å². The van der Waals surface area contributed by atoms with Crippen LogP contribution in [0.1, 0.15) is 24.8 Å². The highest BCUT2D eigenvalue weighted by molar-refractivity contribution is 7.99. The van der Waals surface area contributed by atoms with Crippen LogP contribution in [-0.2, 0) is 4.79 Å². The van der Waals surface area contributed by atoms with E-state index in [1.807, 2.05) is 12.1 Å². The van der Waals surface area contributed by atoms with Crippen molar-refractivity contribution in [3.05, 3.63) is 54.0 Å². The maximum atomic E-state index is 12.9. The predicted octanol–water partition coefficient (Wildman–Crippen LogP) is 4.07. The first kappa shape index (κ1) is 15.0. The van der Waals surface area contributed by atoms with Crippen LogP contribution in [-0.4, -0.2) is 16.6 Å². The Morgan fingerprint density at radius 1 is 1.32 bits per heavy atom. The highest BCUT2D eigenvalue weighted by atomic mass is 32.2. The van der Waals surface area contributed by atoms with Gasteiger partial charge in [-0.1, -0.05) is 19.1 Å². The lowest BCUT2D eigenvalue weighted by atomic mass is 10.1. The number of hydrogen-bond acceptors (Lipinski definition) is 3. The van der Waals surface area contributed by atoms with E-state index in [0.717, 1.165) is 28.5 Å². The zero-order chi connectivity index (χ0) is 15.5. The molecule has 3 rings (SSSR count). The molecular weight excluding hydrogens is 299 g/mol. The summed E-state index contributed by atoms with van der Waals surface area (Å²) in [6, 6.07) is 10.2. The molecule has 1 aromatic heterocycles. The highest BCUT2D eigenvalue weighted by Crippen LogP contribution is 2.47. The molecule has 0 spiro atoms. The molecule has 2 atom stereocenters. The molecule has 1 heterocycles. The standard InChI is InChI=1S/C17H17FN2OS/c1-2-22-16-8-7-13(10-19-16)20-17(21)15-9-14(15)11-3-5-12(18)6-4-11/h3-8,10,14-15H,2,9H2,1H3,(H,20,21)/t14-,15+/m1/s1. The summed E-state index contributed by atoms with van der Waals surface area (Å²) in [5.74, 6) is 0.896. The van der Waals surface area contributed by atoms with E-state index in [1.165, 1.54) is 12.1 Å². The molecule has 1 amide bonds. The molecule has 22 heavy (non-hydrogen) atoms. The third-order valence-electron chi connectivity index (χ3n) is 3.72. The maximum absolute atomic E-state index is 12.9. The normalized spacial score (nSPS) is 19.7. The number of thioether (sulfide) groups is 1. The molecule has 0 unspecified atom stereocenters. The van der Waals surface area contributed by atoms with Crippen molar-refractivity contribution in [2.45, 2.75) is 24.3 Å². The minimum absolute atomic E-state index is 0.00650. The Hall–Kier alpha value is -1.88. The minimum Gasteiger partial charge on any atom is -0.324 e. The number of rotatable bonds is 5. The fourth-order valence-electron chi connectivity index (χ4n) is 2.49. The number of hydrogen-bond donors (Lipinski definition) is 1. The Balaban J connectivity index is 1.58. The molecule has 0 bridgehead atoms. The first-order chi connectivity index (χ1) is 10.7.